The minimum Gasteiger partial charge on any atom is -0.477 e. The number of carbonyl (C=O) groups is 1. The Balaban J connectivity index is 2.08. The van der Waals surface area contributed by atoms with Gasteiger partial charge in [-0.15, -0.1) is 11.3 Å². The quantitative estimate of drug-likeness (QED) is 0.911. The molecule has 1 fully saturated rings. The lowest BCUT2D eigenvalue weighted by Crippen LogP contribution is -2.43. The Morgan fingerprint density at radius 2 is 2.00 bits per heavy atom. The van der Waals surface area contributed by atoms with E-state index in [0.29, 0.717) is 4.88 Å². The van der Waals surface area contributed by atoms with Gasteiger partial charge in [0.15, 0.2) is 0 Å². The Morgan fingerprint density at radius 3 is 2.47 bits per heavy atom. The average molecular weight is 283 g/mol. The molecule has 2 rings (SSSR count). The zero-order valence-corrected chi connectivity index (χ0v) is 12.5. The first kappa shape index (κ1) is 14.4. The van der Waals surface area contributed by atoms with Crippen molar-refractivity contribution >= 4 is 17.3 Å². The topological polar surface area (TPSA) is 56.7 Å². The van der Waals surface area contributed by atoms with E-state index in [2.05, 4.69) is 21.8 Å². The molecule has 1 aromatic rings. The van der Waals surface area contributed by atoms with Crippen LogP contribution >= 0.6 is 11.3 Å². The van der Waals surface area contributed by atoms with E-state index in [4.69, 9.17) is 0 Å². The van der Waals surface area contributed by atoms with Crippen LogP contribution < -0.4 is 0 Å². The molecule has 5 nitrogen and oxygen atoms in total. The molecule has 1 aliphatic rings. The van der Waals surface area contributed by atoms with Gasteiger partial charge in [0, 0.05) is 26.2 Å². The van der Waals surface area contributed by atoms with Gasteiger partial charge >= 0.3 is 5.97 Å². The maximum atomic E-state index is 11.2. The summed E-state index contributed by atoms with van der Waals surface area (Å²) in [7, 11) is 2.13. The van der Waals surface area contributed by atoms with E-state index in [0.717, 1.165) is 43.4 Å². The lowest BCUT2D eigenvalue weighted by Gasteiger charge is -2.31. The third-order valence-corrected chi connectivity index (χ3v) is 4.44. The van der Waals surface area contributed by atoms with Crippen molar-refractivity contribution in [2.45, 2.75) is 26.3 Å². The zero-order chi connectivity index (χ0) is 14.0. The van der Waals surface area contributed by atoms with E-state index in [1.807, 2.05) is 13.8 Å². The molecule has 0 spiro atoms. The largest absolute Gasteiger partial charge is 0.477 e. The van der Waals surface area contributed by atoms with Gasteiger partial charge in [0.05, 0.1) is 12.2 Å². The molecule has 1 aromatic heterocycles. The molecule has 1 N–H and O–H groups in total. The predicted molar refractivity (Wildman–Crippen MR) is 75.9 cm³/mol. The van der Waals surface area contributed by atoms with Gasteiger partial charge in [0.1, 0.15) is 9.88 Å². The number of nitrogens with zero attached hydrogens (tertiary/aromatic N) is 3. The molecule has 0 radical (unpaired) electrons. The van der Waals surface area contributed by atoms with Gasteiger partial charge in [-0.05, 0) is 13.0 Å². The van der Waals surface area contributed by atoms with Crippen molar-refractivity contribution in [3.8, 4) is 0 Å². The molecule has 2 heterocycles. The minimum absolute atomic E-state index is 0.156. The highest BCUT2D eigenvalue weighted by Gasteiger charge is 2.21. The summed E-state index contributed by atoms with van der Waals surface area (Å²) in [6.07, 6.45) is 0. The van der Waals surface area contributed by atoms with Crippen molar-refractivity contribution in [3.63, 3.8) is 0 Å². The monoisotopic (exact) mass is 283 g/mol. The number of hydrogen-bond donors (Lipinski definition) is 1. The van der Waals surface area contributed by atoms with Crippen LogP contribution in [0.1, 0.15) is 40.1 Å². The van der Waals surface area contributed by atoms with E-state index < -0.39 is 5.97 Å². The van der Waals surface area contributed by atoms with Gasteiger partial charge < -0.3 is 10.0 Å². The van der Waals surface area contributed by atoms with Crippen LogP contribution in [0.3, 0.4) is 0 Å². The van der Waals surface area contributed by atoms with E-state index in [9.17, 15) is 9.90 Å². The molecule has 1 saturated heterocycles. The van der Waals surface area contributed by atoms with Crippen LogP contribution in [0.4, 0.5) is 0 Å². The van der Waals surface area contributed by atoms with Crippen molar-refractivity contribution in [2.24, 2.45) is 0 Å². The highest BCUT2D eigenvalue weighted by molar-refractivity contribution is 7.13. The van der Waals surface area contributed by atoms with Gasteiger partial charge in [-0.2, -0.15) is 0 Å². The van der Waals surface area contributed by atoms with Crippen LogP contribution in [-0.4, -0.2) is 59.1 Å². The lowest BCUT2D eigenvalue weighted by molar-refractivity contribution is 0.0700. The Morgan fingerprint density at radius 1 is 1.37 bits per heavy atom. The summed E-state index contributed by atoms with van der Waals surface area (Å²) in [5.41, 5.74) is 0.724. The Bertz CT molecular complexity index is 451. The number of rotatable bonds is 4. The van der Waals surface area contributed by atoms with Gasteiger partial charge in [0.2, 0.25) is 0 Å². The van der Waals surface area contributed by atoms with Crippen molar-refractivity contribution in [2.75, 3.05) is 33.2 Å². The van der Waals surface area contributed by atoms with E-state index in [1.54, 1.807) is 0 Å². The number of carboxylic acids is 1. The van der Waals surface area contributed by atoms with Crippen LogP contribution in [0, 0.1) is 0 Å². The fourth-order valence-corrected chi connectivity index (χ4v) is 3.29. The van der Waals surface area contributed by atoms with E-state index in [-0.39, 0.29) is 5.92 Å². The Hall–Kier alpha value is -0.980. The molecule has 106 valence electrons. The molecule has 19 heavy (non-hydrogen) atoms. The van der Waals surface area contributed by atoms with Crippen LogP contribution in [0.5, 0.6) is 0 Å². The highest BCUT2D eigenvalue weighted by atomic mass is 32.1. The van der Waals surface area contributed by atoms with Gasteiger partial charge in [-0.1, -0.05) is 13.8 Å². The third-order valence-electron chi connectivity index (χ3n) is 3.39. The SMILES string of the molecule is CC(C)c1nc(CN2CCN(C)CC2)sc1C(=O)O. The van der Waals surface area contributed by atoms with Gasteiger partial charge in [-0.3, -0.25) is 4.90 Å². The molecule has 0 atom stereocenters. The lowest BCUT2D eigenvalue weighted by atomic mass is 10.1. The van der Waals surface area contributed by atoms with Crippen molar-refractivity contribution in [1.82, 2.24) is 14.8 Å². The standard InChI is InChI=1S/C13H21N3O2S/c1-9(2)11-12(13(17)18)19-10(14-11)8-16-6-4-15(3)5-7-16/h9H,4-8H2,1-3H3,(H,17,18). The normalized spacial score (nSPS) is 18.1. The maximum Gasteiger partial charge on any atom is 0.347 e. The second-order valence-corrected chi connectivity index (χ2v) is 6.44. The summed E-state index contributed by atoms with van der Waals surface area (Å²) >= 11 is 1.32. The number of likely N-dealkylation sites (N-methyl/N-ethyl adjacent to an activating group) is 1. The number of thiazole rings is 1. The van der Waals surface area contributed by atoms with Crippen molar-refractivity contribution in [1.29, 1.82) is 0 Å². The molecular formula is C13H21N3O2S. The number of piperazine rings is 1. The molecule has 0 saturated carbocycles. The van der Waals surface area contributed by atoms with E-state index >= 15 is 0 Å². The number of aromatic nitrogens is 1. The number of aromatic carboxylic acids is 1. The van der Waals surface area contributed by atoms with Crippen LogP contribution in [-0.2, 0) is 6.54 Å². The van der Waals surface area contributed by atoms with Crippen LogP contribution in [0.25, 0.3) is 0 Å². The van der Waals surface area contributed by atoms with Crippen LogP contribution in [0.15, 0.2) is 0 Å². The first-order valence-corrected chi connectivity index (χ1v) is 7.42. The smallest absolute Gasteiger partial charge is 0.347 e. The highest BCUT2D eigenvalue weighted by Crippen LogP contribution is 2.26. The molecule has 0 aromatic carbocycles. The molecule has 1 aliphatic heterocycles. The summed E-state index contributed by atoms with van der Waals surface area (Å²) in [6.45, 7) is 8.92. The minimum atomic E-state index is -0.856. The van der Waals surface area contributed by atoms with Crippen molar-refractivity contribution in [3.05, 3.63) is 15.6 Å². The molecule has 6 heteroatoms. The average Bonchev–Trinajstić information content (AvgIpc) is 2.76. The van der Waals surface area contributed by atoms with Crippen LogP contribution in [0.2, 0.25) is 0 Å². The second-order valence-electron chi connectivity index (χ2n) is 5.36. The molecule has 0 unspecified atom stereocenters. The summed E-state index contributed by atoms with van der Waals surface area (Å²) in [4.78, 5) is 20.8. The number of carboxylic acid groups (broad SMARTS) is 1. The fourth-order valence-electron chi connectivity index (χ4n) is 2.19. The third kappa shape index (κ3) is 3.52. The zero-order valence-electron chi connectivity index (χ0n) is 11.7. The maximum absolute atomic E-state index is 11.2. The molecule has 0 aliphatic carbocycles. The molecule has 0 bridgehead atoms. The Labute approximate surface area is 117 Å². The summed E-state index contributed by atoms with van der Waals surface area (Å²) in [5, 5.41) is 10.1. The molecule has 0 amide bonds. The number of hydrogen-bond acceptors (Lipinski definition) is 5. The summed E-state index contributed by atoms with van der Waals surface area (Å²) < 4.78 is 0. The summed E-state index contributed by atoms with van der Waals surface area (Å²) in [6, 6.07) is 0. The molecular weight excluding hydrogens is 262 g/mol. The predicted octanol–water partition coefficient (Wildman–Crippen LogP) is 1.71. The first-order valence-electron chi connectivity index (χ1n) is 6.61. The summed E-state index contributed by atoms with van der Waals surface area (Å²) in [5.74, 6) is -0.700. The fraction of sp³-hybridized carbons (Fsp3) is 0.692. The Kier molecular flexibility index (Phi) is 4.54. The van der Waals surface area contributed by atoms with Gasteiger partial charge in [0.25, 0.3) is 0 Å². The van der Waals surface area contributed by atoms with Gasteiger partial charge in [-0.25, -0.2) is 9.78 Å². The van der Waals surface area contributed by atoms with Crippen molar-refractivity contribution < 1.29 is 9.90 Å². The van der Waals surface area contributed by atoms with E-state index in [1.165, 1.54) is 11.3 Å². The second kappa shape index (κ2) is 5.98. The first-order chi connectivity index (χ1) is 8.97.